The van der Waals surface area contributed by atoms with E-state index in [9.17, 15) is 0 Å². The zero-order chi connectivity index (χ0) is 12.0. The Hall–Kier alpha value is -1.58. The van der Waals surface area contributed by atoms with E-state index in [0.717, 1.165) is 11.5 Å². The Balaban J connectivity index is 0.000000160. The van der Waals surface area contributed by atoms with E-state index in [1.807, 2.05) is 0 Å². The summed E-state index contributed by atoms with van der Waals surface area (Å²) in [5.74, 6) is 1.89. The highest BCUT2D eigenvalue weighted by atomic mass is 16.3. The van der Waals surface area contributed by atoms with Crippen LogP contribution >= 0.6 is 0 Å². The second-order valence-corrected chi connectivity index (χ2v) is 4.13. The molecule has 0 N–H and O–H groups in total. The monoisotopic (exact) mass is 222 g/mol. The van der Waals surface area contributed by atoms with Gasteiger partial charge in [-0.1, -0.05) is 27.7 Å². The van der Waals surface area contributed by atoms with Crippen LogP contribution in [0.2, 0.25) is 0 Å². The Labute approximate surface area is 95.7 Å². The number of nitrogens with zero attached hydrogens (tertiary/aromatic N) is 2. The van der Waals surface area contributed by atoms with Crippen molar-refractivity contribution < 1.29 is 8.83 Å². The van der Waals surface area contributed by atoms with Crippen LogP contribution in [0.3, 0.4) is 0 Å². The third-order valence-electron chi connectivity index (χ3n) is 2.06. The minimum atomic E-state index is 0.456. The van der Waals surface area contributed by atoms with Gasteiger partial charge in [-0.15, -0.1) is 0 Å². The van der Waals surface area contributed by atoms with E-state index in [1.165, 1.54) is 12.8 Å². The number of oxazole rings is 2. The predicted octanol–water partition coefficient (Wildman–Crippen LogP) is 3.60. The van der Waals surface area contributed by atoms with E-state index in [1.54, 1.807) is 12.5 Å². The van der Waals surface area contributed by atoms with Gasteiger partial charge in [0.05, 0.1) is 11.9 Å². The van der Waals surface area contributed by atoms with Crippen LogP contribution in [0, 0.1) is 0 Å². The molecule has 0 unspecified atom stereocenters. The lowest BCUT2D eigenvalue weighted by Crippen LogP contribution is -1.83. The van der Waals surface area contributed by atoms with E-state index >= 15 is 0 Å². The maximum absolute atomic E-state index is 4.98. The first-order chi connectivity index (χ1) is 7.61. The summed E-state index contributed by atoms with van der Waals surface area (Å²) >= 11 is 0. The number of hydrogen-bond acceptors (Lipinski definition) is 4. The maximum atomic E-state index is 4.98. The maximum Gasteiger partial charge on any atom is 0.180 e. The van der Waals surface area contributed by atoms with Crippen molar-refractivity contribution in [3.63, 3.8) is 0 Å². The first-order valence-electron chi connectivity index (χ1n) is 5.37. The van der Waals surface area contributed by atoms with Crippen LogP contribution in [-0.2, 0) is 0 Å². The number of aromatic nitrogens is 2. The van der Waals surface area contributed by atoms with E-state index in [-0.39, 0.29) is 0 Å². The Morgan fingerprint density at radius 1 is 1.06 bits per heavy atom. The van der Waals surface area contributed by atoms with Crippen molar-refractivity contribution in [2.75, 3.05) is 0 Å². The van der Waals surface area contributed by atoms with Gasteiger partial charge in [-0.3, -0.25) is 0 Å². The first kappa shape index (κ1) is 12.5. The van der Waals surface area contributed by atoms with Crippen LogP contribution < -0.4 is 0 Å². The van der Waals surface area contributed by atoms with Crippen molar-refractivity contribution in [1.82, 2.24) is 9.97 Å². The summed E-state index contributed by atoms with van der Waals surface area (Å²) in [4.78, 5) is 7.73. The van der Waals surface area contributed by atoms with Crippen molar-refractivity contribution in [2.45, 2.75) is 39.5 Å². The van der Waals surface area contributed by atoms with Gasteiger partial charge in [0, 0.05) is 5.92 Å². The molecule has 2 rings (SSSR count). The molecule has 2 aromatic rings. The second-order valence-electron chi connectivity index (χ2n) is 4.13. The fourth-order valence-electron chi connectivity index (χ4n) is 1.02. The molecular formula is C12H18N2O2. The van der Waals surface area contributed by atoms with E-state index in [2.05, 4.69) is 37.7 Å². The van der Waals surface area contributed by atoms with Crippen molar-refractivity contribution in [3.05, 3.63) is 36.7 Å². The highest BCUT2D eigenvalue weighted by Crippen LogP contribution is 2.11. The average molecular weight is 222 g/mol. The molecule has 0 saturated heterocycles. The van der Waals surface area contributed by atoms with Crippen LogP contribution in [0.4, 0.5) is 0 Å². The van der Waals surface area contributed by atoms with Crippen LogP contribution in [-0.4, -0.2) is 9.97 Å². The molecule has 0 aliphatic heterocycles. The molecule has 0 radical (unpaired) electrons. The summed E-state index contributed by atoms with van der Waals surface area (Å²) in [5, 5.41) is 0. The lowest BCUT2D eigenvalue weighted by atomic mass is 10.2. The predicted molar refractivity (Wildman–Crippen MR) is 61.2 cm³/mol. The van der Waals surface area contributed by atoms with Crippen molar-refractivity contribution >= 4 is 0 Å². The highest BCUT2D eigenvalue weighted by Gasteiger charge is 1.99. The molecule has 88 valence electrons. The topological polar surface area (TPSA) is 52.1 Å². The highest BCUT2D eigenvalue weighted by molar-refractivity contribution is 4.96. The van der Waals surface area contributed by atoms with Gasteiger partial charge in [-0.05, 0) is 5.92 Å². The van der Waals surface area contributed by atoms with Crippen molar-refractivity contribution in [3.8, 4) is 0 Å². The normalized spacial score (nSPS) is 10.4. The Morgan fingerprint density at radius 2 is 1.81 bits per heavy atom. The number of hydrogen-bond donors (Lipinski definition) is 0. The summed E-state index contributed by atoms with van der Waals surface area (Å²) in [6.45, 7) is 8.30. The molecule has 0 aromatic carbocycles. The van der Waals surface area contributed by atoms with Crippen LogP contribution in [0.15, 0.2) is 34.1 Å². The van der Waals surface area contributed by atoms with E-state index < -0.39 is 0 Å². The smallest absolute Gasteiger partial charge is 0.180 e. The Bertz CT molecular complexity index is 325. The first-order valence-corrected chi connectivity index (χ1v) is 5.37. The van der Waals surface area contributed by atoms with Crippen LogP contribution in [0.25, 0.3) is 0 Å². The molecular weight excluding hydrogens is 204 g/mol. The minimum Gasteiger partial charge on any atom is -0.451 e. The van der Waals surface area contributed by atoms with Gasteiger partial charge in [-0.2, -0.15) is 0 Å². The summed E-state index contributed by atoms with van der Waals surface area (Å²) in [6, 6.07) is 0. The quantitative estimate of drug-likeness (QED) is 0.779. The summed E-state index contributed by atoms with van der Waals surface area (Å²) < 4.78 is 9.75. The fourth-order valence-corrected chi connectivity index (χ4v) is 1.02. The molecule has 2 aromatic heterocycles. The Kier molecular flexibility index (Phi) is 4.76. The summed E-state index contributed by atoms with van der Waals surface area (Å²) in [7, 11) is 0. The molecule has 0 atom stereocenters. The summed E-state index contributed by atoms with van der Waals surface area (Å²) in [6.07, 6.45) is 6.32. The van der Waals surface area contributed by atoms with E-state index in [4.69, 9.17) is 8.83 Å². The standard InChI is InChI=1S/2C6H9NO/c1-5(2)6-3-8-4-7-6;1-5(2)6-3-7-4-8-6/h2*3-5H,1-2H3. The number of rotatable bonds is 2. The lowest BCUT2D eigenvalue weighted by Gasteiger charge is -1.93. The zero-order valence-corrected chi connectivity index (χ0v) is 10.2. The Morgan fingerprint density at radius 3 is 2.06 bits per heavy atom. The summed E-state index contributed by atoms with van der Waals surface area (Å²) in [5.41, 5.74) is 1.02. The van der Waals surface area contributed by atoms with Gasteiger partial charge in [0.2, 0.25) is 0 Å². The molecule has 0 aliphatic rings. The molecule has 0 bridgehead atoms. The lowest BCUT2D eigenvalue weighted by molar-refractivity contribution is 0.482. The van der Waals surface area contributed by atoms with Crippen molar-refractivity contribution in [1.29, 1.82) is 0 Å². The molecule has 0 amide bonds. The van der Waals surface area contributed by atoms with Gasteiger partial charge in [0.25, 0.3) is 0 Å². The molecule has 0 saturated carbocycles. The SMILES string of the molecule is CC(C)c1cnco1.CC(C)c1cocn1. The molecule has 4 heteroatoms. The third kappa shape index (κ3) is 3.88. The molecule has 16 heavy (non-hydrogen) atoms. The zero-order valence-electron chi connectivity index (χ0n) is 10.2. The van der Waals surface area contributed by atoms with Crippen LogP contribution in [0.1, 0.15) is 51.0 Å². The van der Waals surface area contributed by atoms with Gasteiger partial charge >= 0.3 is 0 Å². The molecule has 0 fully saturated rings. The second kappa shape index (κ2) is 6.10. The average Bonchev–Trinajstić information content (AvgIpc) is 2.93. The van der Waals surface area contributed by atoms with Gasteiger partial charge < -0.3 is 8.83 Å². The van der Waals surface area contributed by atoms with Gasteiger partial charge in [-0.25, -0.2) is 9.97 Å². The van der Waals surface area contributed by atoms with Crippen LogP contribution in [0.5, 0.6) is 0 Å². The van der Waals surface area contributed by atoms with Gasteiger partial charge in [0.15, 0.2) is 12.8 Å². The largest absolute Gasteiger partial charge is 0.451 e. The molecule has 0 aliphatic carbocycles. The van der Waals surface area contributed by atoms with E-state index in [0.29, 0.717) is 11.8 Å². The fraction of sp³-hybridized carbons (Fsp3) is 0.500. The minimum absolute atomic E-state index is 0.456. The third-order valence-corrected chi connectivity index (χ3v) is 2.06. The molecule has 4 nitrogen and oxygen atoms in total. The molecule has 0 spiro atoms. The van der Waals surface area contributed by atoms with Gasteiger partial charge in [0.1, 0.15) is 12.0 Å². The van der Waals surface area contributed by atoms with Crippen molar-refractivity contribution in [2.24, 2.45) is 0 Å². The molecule has 2 heterocycles.